The highest BCUT2D eigenvalue weighted by molar-refractivity contribution is 6.30. The second-order valence-corrected chi connectivity index (χ2v) is 8.20. The van der Waals surface area contributed by atoms with Crippen molar-refractivity contribution >= 4 is 23.3 Å². The summed E-state index contributed by atoms with van der Waals surface area (Å²) in [5.41, 5.74) is 3.32. The Kier molecular flexibility index (Phi) is 6.11. The van der Waals surface area contributed by atoms with Crippen molar-refractivity contribution in [2.45, 2.75) is 20.8 Å². The number of aromatic nitrogens is 2. The largest absolute Gasteiger partial charge is 0.306 e. The van der Waals surface area contributed by atoms with E-state index in [-0.39, 0.29) is 28.1 Å². The molecule has 5 nitrogen and oxygen atoms in total. The molecular weight excluding hydrogens is 441 g/mol. The van der Waals surface area contributed by atoms with E-state index in [1.807, 2.05) is 32.0 Å². The van der Waals surface area contributed by atoms with E-state index in [2.05, 4.69) is 10.4 Å². The molecule has 33 heavy (non-hydrogen) atoms. The predicted molar refractivity (Wildman–Crippen MR) is 129 cm³/mol. The summed E-state index contributed by atoms with van der Waals surface area (Å²) in [7, 11) is 0. The third-order valence-corrected chi connectivity index (χ3v) is 5.72. The van der Waals surface area contributed by atoms with Gasteiger partial charge in [-0.2, -0.15) is 5.10 Å². The van der Waals surface area contributed by atoms with E-state index in [9.17, 15) is 14.0 Å². The minimum atomic E-state index is -0.689. The first kappa shape index (κ1) is 22.4. The van der Waals surface area contributed by atoms with Crippen LogP contribution in [0.1, 0.15) is 27.2 Å². The molecular formula is C26H21ClFN3O2. The standard InChI is InChI=1S/C26H21ClFN3O2/c1-15-8-13-20(14-16(15)2)31-25(29-26(33)21-6-4-5-7-22(21)28)23(24(32)17(3)30-31)18-9-11-19(27)12-10-18/h4-14H,1-3H3,(H,29,33). The van der Waals surface area contributed by atoms with Crippen molar-refractivity contribution in [1.29, 1.82) is 0 Å². The molecule has 4 rings (SSSR count). The van der Waals surface area contributed by atoms with E-state index in [0.717, 1.165) is 11.1 Å². The molecule has 166 valence electrons. The maximum absolute atomic E-state index is 14.3. The lowest BCUT2D eigenvalue weighted by atomic mass is 10.0. The van der Waals surface area contributed by atoms with Crippen LogP contribution in [0.15, 0.2) is 71.5 Å². The third kappa shape index (κ3) is 4.43. The van der Waals surface area contributed by atoms with Crippen molar-refractivity contribution in [3.05, 3.63) is 110 Å². The lowest BCUT2D eigenvalue weighted by molar-refractivity contribution is 0.102. The molecule has 0 spiro atoms. The van der Waals surface area contributed by atoms with Gasteiger partial charge in [-0.3, -0.25) is 9.59 Å². The summed E-state index contributed by atoms with van der Waals surface area (Å²) in [6.07, 6.45) is 0. The molecule has 7 heteroatoms. The van der Waals surface area contributed by atoms with Crippen molar-refractivity contribution < 1.29 is 9.18 Å². The molecule has 0 aliphatic carbocycles. The van der Waals surface area contributed by atoms with Gasteiger partial charge in [0.25, 0.3) is 5.91 Å². The number of aryl methyl sites for hydroxylation is 3. The molecule has 0 radical (unpaired) electrons. The Bertz CT molecular complexity index is 1430. The van der Waals surface area contributed by atoms with Crippen molar-refractivity contribution in [3.8, 4) is 16.8 Å². The molecule has 0 bridgehead atoms. The molecule has 0 aliphatic rings. The summed E-state index contributed by atoms with van der Waals surface area (Å²) in [5.74, 6) is -1.21. The number of nitrogens with zero attached hydrogens (tertiary/aromatic N) is 2. The number of anilines is 1. The first-order valence-electron chi connectivity index (χ1n) is 10.3. The Morgan fingerprint density at radius 2 is 1.67 bits per heavy atom. The summed E-state index contributed by atoms with van der Waals surface area (Å²) in [6.45, 7) is 5.57. The molecule has 0 unspecified atom stereocenters. The van der Waals surface area contributed by atoms with Gasteiger partial charge in [-0.05, 0) is 73.9 Å². The number of benzene rings is 3. The van der Waals surface area contributed by atoms with E-state index in [1.54, 1.807) is 37.3 Å². The topological polar surface area (TPSA) is 64.0 Å². The van der Waals surface area contributed by atoms with Crippen LogP contribution in [0.5, 0.6) is 0 Å². The lowest BCUT2D eigenvalue weighted by Gasteiger charge is -2.19. The van der Waals surface area contributed by atoms with Crippen molar-refractivity contribution in [1.82, 2.24) is 9.78 Å². The molecule has 1 amide bonds. The minimum absolute atomic E-state index is 0.140. The fraction of sp³-hybridized carbons (Fsp3) is 0.115. The van der Waals surface area contributed by atoms with E-state index >= 15 is 0 Å². The average molecular weight is 462 g/mol. The highest BCUT2D eigenvalue weighted by Crippen LogP contribution is 2.29. The fourth-order valence-corrected chi connectivity index (χ4v) is 3.63. The number of halogens is 2. The molecule has 0 saturated heterocycles. The van der Waals surface area contributed by atoms with Gasteiger partial charge in [-0.15, -0.1) is 0 Å². The van der Waals surface area contributed by atoms with Gasteiger partial charge < -0.3 is 5.32 Å². The zero-order chi connectivity index (χ0) is 23.7. The van der Waals surface area contributed by atoms with Crippen molar-refractivity contribution in [2.24, 2.45) is 0 Å². The highest BCUT2D eigenvalue weighted by Gasteiger charge is 2.22. The number of hydrogen-bond acceptors (Lipinski definition) is 3. The third-order valence-electron chi connectivity index (χ3n) is 5.47. The predicted octanol–water partition coefficient (Wildman–Crippen LogP) is 5.87. The van der Waals surface area contributed by atoms with E-state index in [0.29, 0.717) is 16.3 Å². The van der Waals surface area contributed by atoms with Gasteiger partial charge in [0.1, 0.15) is 17.3 Å². The molecule has 0 saturated carbocycles. The zero-order valence-electron chi connectivity index (χ0n) is 18.3. The minimum Gasteiger partial charge on any atom is -0.306 e. The Morgan fingerprint density at radius 1 is 0.970 bits per heavy atom. The van der Waals surface area contributed by atoms with Crippen LogP contribution < -0.4 is 10.7 Å². The van der Waals surface area contributed by atoms with Crippen LogP contribution in [-0.4, -0.2) is 15.7 Å². The summed E-state index contributed by atoms with van der Waals surface area (Å²) in [6, 6.07) is 18.1. The van der Waals surface area contributed by atoms with Crippen LogP contribution in [0.3, 0.4) is 0 Å². The molecule has 1 N–H and O–H groups in total. The summed E-state index contributed by atoms with van der Waals surface area (Å²) < 4.78 is 15.8. The number of rotatable bonds is 4. The number of amides is 1. The van der Waals surface area contributed by atoms with Gasteiger partial charge in [-0.1, -0.05) is 41.9 Å². The van der Waals surface area contributed by atoms with Crippen molar-refractivity contribution in [3.63, 3.8) is 0 Å². The Labute approximate surface area is 195 Å². The maximum atomic E-state index is 14.3. The summed E-state index contributed by atoms with van der Waals surface area (Å²) in [5, 5.41) is 7.70. The summed E-state index contributed by atoms with van der Waals surface area (Å²) >= 11 is 6.04. The molecule has 0 atom stereocenters. The Hall–Kier alpha value is -3.77. The molecule has 1 aromatic heterocycles. The molecule has 1 heterocycles. The van der Waals surface area contributed by atoms with Gasteiger partial charge in [0, 0.05) is 5.02 Å². The Morgan fingerprint density at radius 3 is 2.33 bits per heavy atom. The van der Waals surface area contributed by atoms with Gasteiger partial charge in [0.15, 0.2) is 0 Å². The number of nitrogens with one attached hydrogen (secondary N) is 1. The molecule has 3 aromatic carbocycles. The average Bonchev–Trinajstić information content (AvgIpc) is 2.79. The normalized spacial score (nSPS) is 10.8. The van der Waals surface area contributed by atoms with Gasteiger partial charge in [-0.25, -0.2) is 9.07 Å². The lowest BCUT2D eigenvalue weighted by Crippen LogP contribution is -2.25. The molecule has 0 aliphatic heterocycles. The molecule has 4 aromatic rings. The van der Waals surface area contributed by atoms with Crippen LogP contribution in [-0.2, 0) is 0 Å². The Balaban J connectivity index is 1.99. The highest BCUT2D eigenvalue weighted by atomic mass is 35.5. The van der Waals surface area contributed by atoms with Gasteiger partial charge in [0.2, 0.25) is 5.43 Å². The maximum Gasteiger partial charge on any atom is 0.259 e. The number of carbonyl (C=O) groups is 1. The van der Waals surface area contributed by atoms with Crippen LogP contribution in [0.2, 0.25) is 5.02 Å². The van der Waals surface area contributed by atoms with Crippen LogP contribution in [0.4, 0.5) is 10.2 Å². The second-order valence-electron chi connectivity index (χ2n) is 7.76. The van der Waals surface area contributed by atoms with E-state index in [4.69, 9.17) is 11.6 Å². The van der Waals surface area contributed by atoms with E-state index < -0.39 is 11.7 Å². The van der Waals surface area contributed by atoms with Crippen LogP contribution in [0, 0.1) is 26.6 Å². The SMILES string of the molecule is Cc1ccc(-n2nc(C)c(=O)c(-c3ccc(Cl)cc3)c2NC(=O)c2ccccc2F)cc1C. The molecule has 0 fully saturated rings. The first-order chi connectivity index (χ1) is 15.8. The zero-order valence-corrected chi connectivity index (χ0v) is 19.1. The summed E-state index contributed by atoms with van der Waals surface area (Å²) in [4.78, 5) is 26.3. The van der Waals surface area contributed by atoms with Crippen LogP contribution in [0.25, 0.3) is 16.8 Å². The second kappa shape index (κ2) is 9.00. The van der Waals surface area contributed by atoms with Crippen molar-refractivity contribution in [2.75, 3.05) is 5.32 Å². The smallest absolute Gasteiger partial charge is 0.259 e. The quantitative estimate of drug-likeness (QED) is 0.413. The monoisotopic (exact) mass is 461 g/mol. The van der Waals surface area contributed by atoms with Gasteiger partial charge in [0.05, 0.1) is 16.8 Å². The number of carbonyl (C=O) groups excluding carboxylic acids is 1. The van der Waals surface area contributed by atoms with Crippen LogP contribution >= 0.6 is 11.6 Å². The first-order valence-corrected chi connectivity index (χ1v) is 10.7. The van der Waals surface area contributed by atoms with Gasteiger partial charge >= 0.3 is 0 Å². The fourth-order valence-electron chi connectivity index (χ4n) is 3.50. The number of hydrogen-bond donors (Lipinski definition) is 1. The van der Waals surface area contributed by atoms with E-state index in [1.165, 1.54) is 22.9 Å².